The van der Waals surface area contributed by atoms with Crippen LogP contribution in [-0.4, -0.2) is 54.4 Å². The number of carboxylic acid groups (broad SMARTS) is 1. The number of carboxylic acids is 1. The highest BCUT2D eigenvalue weighted by Gasteiger charge is 2.28. The van der Waals surface area contributed by atoms with Crippen molar-refractivity contribution in [2.24, 2.45) is 0 Å². The topological polar surface area (TPSA) is 78.9 Å². The van der Waals surface area contributed by atoms with Crippen molar-refractivity contribution >= 4 is 12.0 Å². The van der Waals surface area contributed by atoms with E-state index in [0.717, 1.165) is 19.3 Å². The number of urea groups is 1. The first-order valence-corrected chi connectivity index (χ1v) is 5.74. The first-order valence-electron chi connectivity index (χ1n) is 5.74. The Morgan fingerprint density at radius 1 is 1.47 bits per heavy atom. The van der Waals surface area contributed by atoms with Crippen LogP contribution in [0.3, 0.4) is 0 Å². The maximum atomic E-state index is 11.8. The predicted octanol–water partition coefficient (Wildman–Crippen LogP) is 0.668. The van der Waals surface area contributed by atoms with Crippen molar-refractivity contribution in [2.45, 2.75) is 44.4 Å². The lowest BCUT2D eigenvalue weighted by atomic mass is 10.2. The zero-order valence-corrected chi connectivity index (χ0v) is 10.5. The third kappa shape index (κ3) is 3.59. The maximum absolute atomic E-state index is 11.8. The number of carbonyl (C=O) groups is 2. The molecule has 0 aliphatic heterocycles. The molecule has 0 aromatic heterocycles. The summed E-state index contributed by atoms with van der Waals surface area (Å²) < 4.78 is 5.21. The summed E-state index contributed by atoms with van der Waals surface area (Å²) in [5.74, 6) is -1.01. The Balaban J connectivity index is 2.42. The molecule has 0 saturated heterocycles. The van der Waals surface area contributed by atoms with E-state index in [9.17, 15) is 9.59 Å². The van der Waals surface area contributed by atoms with Crippen LogP contribution in [0.4, 0.5) is 4.79 Å². The molecule has 1 rings (SSSR count). The molecule has 0 radical (unpaired) electrons. The van der Waals surface area contributed by atoms with E-state index in [1.54, 1.807) is 7.11 Å². The molecule has 1 fully saturated rings. The van der Waals surface area contributed by atoms with Gasteiger partial charge < -0.3 is 20.1 Å². The second-order valence-corrected chi connectivity index (χ2v) is 4.44. The van der Waals surface area contributed by atoms with E-state index >= 15 is 0 Å². The fourth-order valence-electron chi connectivity index (χ4n) is 1.90. The Hall–Kier alpha value is -1.30. The quantitative estimate of drug-likeness (QED) is 0.761. The molecule has 3 atom stereocenters. The van der Waals surface area contributed by atoms with E-state index in [1.807, 2.05) is 0 Å². The number of nitrogens with zero attached hydrogens (tertiary/aromatic N) is 1. The minimum absolute atomic E-state index is 0.0795. The molecule has 3 unspecified atom stereocenters. The first-order chi connectivity index (χ1) is 7.95. The van der Waals surface area contributed by atoms with Gasteiger partial charge in [-0.25, -0.2) is 9.59 Å². The van der Waals surface area contributed by atoms with Gasteiger partial charge in [-0.3, -0.25) is 0 Å². The fraction of sp³-hybridized carbons (Fsp3) is 0.818. The number of ether oxygens (including phenoxy) is 1. The molecule has 98 valence electrons. The molecule has 1 saturated carbocycles. The minimum Gasteiger partial charge on any atom is -0.480 e. The van der Waals surface area contributed by atoms with Gasteiger partial charge in [-0.05, 0) is 26.2 Å². The molecular formula is C11H20N2O4. The van der Waals surface area contributed by atoms with E-state index in [2.05, 4.69) is 5.32 Å². The zero-order chi connectivity index (χ0) is 13.0. The van der Waals surface area contributed by atoms with Crippen LogP contribution in [0.5, 0.6) is 0 Å². The number of carbonyl (C=O) groups excluding carboxylic acids is 1. The third-order valence-electron chi connectivity index (χ3n) is 3.30. The van der Waals surface area contributed by atoms with E-state index in [0.29, 0.717) is 0 Å². The van der Waals surface area contributed by atoms with Crippen LogP contribution in [-0.2, 0) is 9.53 Å². The highest BCUT2D eigenvalue weighted by atomic mass is 16.5. The molecule has 2 N–H and O–H groups in total. The standard InChI is InChI=1S/C11H20N2O4/c1-7(10(14)15)13(2)11(16)12-8-4-5-9(6-8)17-3/h7-9H,4-6H2,1-3H3,(H,12,16)(H,14,15). The summed E-state index contributed by atoms with van der Waals surface area (Å²) in [7, 11) is 3.14. The van der Waals surface area contributed by atoms with E-state index in [-0.39, 0.29) is 18.2 Å². The second-order valence-electron chi connectivity index (χ2n) is 4.44. The molecule has 6 heteroatoms. The third-order valence-corrected chi connectivity index (χ3v) is 3.30. The lowest BCUT2D eigenvalue weighted by Gasteiger charge is -2.24. The molecule has 0 spiro atoms. The van der Waals surface area contributed by atoms with Crippen LogP contribution >= 0.6 is 0 Å². The summed E-state index contributed by atoms with van der Waals surface area (Å²) >= 11 is 0. The van der Waals surface area contributed by atoms with Gasteiger partial charge in [-0.1, -0.05) is 0 Å². The van der Waals surface area contributed by atoms with Gasteiger partial charge in [0.1, 0.15) is 6.04 Å². The average Bonchev–Trinajstić information content (AvgIpc) is 2.74. The monoisotopic (exact) mass is 244 g/mol. The van der Waals surface area contributed by atoms with Gasteiger partial charge in [0.25, 0.3) is 0 Å². The van der Waals surface area contributed by atoms with Crippen LogP contribution in [0.15, 0.2) is 0 Å². The van der Waals surface area contributed by atoms with E-state index < -0.39 is 12.0 Å². The SMILES string of the molecule is COC1CCC(NC(=O)N(C)C(C)C(=O)O)C1. The number of hydrogen-bond donors (Lipinski definition) is 2. The Kier molecular flexibility index (Phi) is 4.74. The molecule has 0 aromatic carbocycles. The van der Waals surface area contributed by atoms with Crippen LogP contribution in [0, 0.1) is 0 Å². The molecule has 1 aliphatic rings. The summed E-state index contributed by atoms with van der Waals surface area (Å²) in [6.45, 7) is 1.48. The van der Waals surface area contributed by atoms with Crippen molar-refractivity contribution in [3.05, 3.63) is 0 Å². The summed E-state index contributed by atoms with van der Waals surface area (Å²) in [4.78, 5) is 23.7. The second kappa shape index (κ2) is 5.86. The number of hydrogen-bond acceptors (Lipinski definition) is 3. The van der Waals surface area contributed by atoms with Gasteiger partial charge in [0.2, 0.25) is 0 Å². The number of methoxy groups -OCH3 is 1. The summed E-state index contributed by atoms with van der Waals surface area (Å²) in [6.07, 6.45) is 2.79. The molecular weight excluding hydrogens is 224 g/mol. The Morgan fingerprint density at radius 3 is 2.59 bits per heavy atom. The minimum atomic E-state index is -1.01. The van der Waals surface area contributed by atoms with Crippen molar-refractivity contribution < 1.29 is 19.4 Å². The first kappa shape index (κ1) is 13.8. The van der Waals surface area contributed by atoms with Gasteiger partial charge >= 0.3 is 12.0 Å². The van der Waals surface area contributed by atoms with Gasteiger partial charge in [0.05, 0.1) is 6.10 Å². The van der Waals surface area contributed by atoms with Crippen molar-refractivity contribution in [1.82, 2.24) is 10.2 Å². The van der Waals surface area contributed by atoms with E-state index in [1.165, 1.54) is 18.9 Å². The van der Waals surface area contributed by atoms with E-state index in [4.69, 9.17) is 9.84 Å². The highest BCUT2D eigenvalue weighted by Crippen LogP contribution is 2.21. The maximum Gasteiger partial charge on any atom is 0.326 e. The molecule has 6 nitrogen and oxygen atoms in total. The number of rotatable bonds is 4. The van der Waals surface area contributed by atoms with Crippen LogP contribution < -0.4 is 5.32 Å². The fourth-order valence-corrected chi connectivity index (χ4v) is 1.90. The Bertz CT molecular complexity index is 295. The number of likely N-dealkylation sites (N-methyl/N-ethyl adjacent to an activating group) is 1. The van der Waals surface area contributed by atoms with Gasteiger partial charge in [0, 0.05) is 20.2 Å². The van der Waals surface area contributed by atoms with Crippen molar-refractivity contribution in [3.63, 3.8) is 0 Å². The lowest BCUT2D eigenvalue weighted by Crippen LogP contribution is -2.48. The van der Waals surface area contributed by atoms with Crippen LogP contribution in [0.25, 0.3) is 0 Å². The summed E-state index contributed by atoms with van der Waals surface area (Å²) in [6, 6.07) is -1.09. The number of amides is 2. The molecule has 1 aliphatic carbocycles. The summed E-state index contributed by atoms with van der Waals surface area (Å²) in [5, 5.41) is 11.6. The largest absolute Gasteiger partial charge is 0.480 e. The lowest BCUT2D eigenvalue weighted by molar-refractivity contribution is -0.141. The van der Waals surface area contributed by atoms with Crippen molar-refractivity contribution in [2.75, 3.05) is 14.2 Å². The van der Waals surface area contributed by atoms with Crippen molar-refractivity contribution in [1.29, 1.82) is 0 Å². The van der Waals surface area contributed by atoms with Gasteiger partial charge in [-0.15, -0.1) is 0 Å². The van der Waals surface area contributed by atoms with Crippen LogP contribution in [0.2, 0.25) is 0 Å². The van der Waals surface area contributed by atoms with Gasteiger partial charge in [-0.2, -0.15) is 0 Å². The molecule has 0 bridgehead atoms. The molecule has 17 heavy (non-hydrogen) atoms. The molecule has 0 heterocycles. The Labute approximate surface area is 101 Å². The average molecular weight is 244 g/mol. The smallest absolute Gasteiger partial charge is 0.326 e. The zero-order valence-electron chi connectivity index (χ0n) is 10.5. The molecule has 2 amide bonds. The summed E-state index contributed by atoms with van der Waals surface area (Å²) in [5.41, 5.74) is 0. The van der Waals surface area contributed by atoms with Crippen molar-refractivity contribution in [3.8, 4) is 0 Å². The van der Waals surface area contributed by atoms with Crippen LogP contribution in [0.1, 0.15) is 26.2 Å². The molecule has 0 aromatic rings. The number of aliphatic carboxylic acids is 1. The van der Waals surface area contributed by atoms with Gasteiger partial charge in [0.15, 0.2) is 0 Å². The Morgan fingerprint density at radius 2 is 2.12 bits per heavy atom. The number of nitrogens with one attached hydrogen (secondary N) is 1. The predicted molar refractivity (Wildman–Crippen MR) is 61.8 cm³/mol. The highest BCUT2D eigenvalue weighted by molar-refractivity contribution is 5.82. The normalized spacial score (nSPS) is 25.4.